The zero-order valence-corrected chi connectivity index (χ0v) is 10.5. The Morgan fingerprint density at radius 2 is 2.39 bits per heavy atom. The highest BCUT2D eigenvalue weighted by molar-refractivity contribution is 5.97. The third-order valence-electron chi connectivity index (χ3n) is 3.01. The van der Waals surface area contributed by atoms with Gasteiger partial charge in [0.1, 0.15) is 0 Å². The molecule has 2 atom stereocenters. The van der Waals surface area contributed by atoms with Crippen molar-refractivity contribution in [3.8, 4) is 0 Å². The van der Waals surface area contributed by atoms with Crippen molar-refractivity contribution < 1.29 is 14.6 Å². The first-order valence-electron chi connectivity index (χ1n) is 5.89. The Bertz CT molecular complexity index is 445. The van der Waals surface area contributed by atoms with Crippen LogP contribution in [0.1, 0.15) is 23.1 Å². The molecule has 1 amide bonds. The van der Waals surface area contributed by atoms with E-state index in [1.54, 1.807) is 11.8 Å². The summed E-state index contributed by atoms with van der Waals surface area (Å²) in [5, 5.41) is 15.7. The molecule has 0 radical (unpaired) electrons. The first kappa shape index (κ1) is 12.8. The minimum absolute atomic E-state index is 0.108. The van der Waals surface area contributed by atoms with Crippen LogP contribution < -0.4 is 5.73 Å². The maximum Gasteiger partial charge on any atom is 0.276 e. The van der Waals surface area contributed by atoms with E-state index in [4.69, 9.17) is 15.6 Å². The molecule has 100 valence electrons. The van der Waals surface area contributed by atoms with Crippen LogP contribution in [0.3, 0.4) is 0 Å². The number of aromatic nitrogens is 2. The van der Waals surface area contributed by atoms with E-state index in [1.807, 2.05) is 6.92 Å². The molecule has 0 spiro atoms. The van der Waals surface area contributed by atoms with E-state index in [9.17, 15) is 4.79 Å². The fraction of sp³-hybridized carbons (Fsp3) is 0.636. The van der Waals surface area contributed by atoms with E-state index in [-0.39, 0.29) is 30.4 Å². The molecule has 1 aliphatic rings. The second-order valence-corrected chi connectivity index (χ2v) is 4.57. The van der Waals surface area contributed by atoms with Gasteiger partial charge in [-0.25, -0.2) is 0 Å². The summed E-state index contributed by atoms with van der Waals surface area (Å²) in [5.74, 6) is -0.231. The number of aryl methyl sites for hydroxylation is 1. The molecule has 1 aliphatic heterocycles. The van der Waals surface area contributed by atoms with Crippen molar-refractivity contribution in [1.82, 2.24) is 15.1 Å². The Kier molecular flexibility index (Phi) is 3.53. The molecule has 1 fully saturated rings. The number of nitrogens with zero attached hydrogens (tertiary/aromatic N) is 2. The number of hydrogen-bond donors (Lipinski definition) is 3. The minimum atomic E-state index is -0.348. The van der Waals surface area contributed by atoms with Gasteiger partial charge in [-0.15, -0.1) is 0 Å². The van der Waals surface area contributed by atoms with Crippen molar-refractivity contribution in [2.75, 3.05) is 25.4 Å². The van der Waals surface area contributed by atoms with E-state index in [2.05, 4.69) is 10.2 Å². The number of amides is 1. The number of nitrogens with one attached hydrogen (secondary N) is 1. The van der Waals surface area contributed by atoms with Crippen LogP contribution in [-0.4, -0.2) is 58.0 Å². The fourth-order valence-electron chi connectivity index (χ4n) is 2.06. The lowest BCUT2D eigenvalue weighted by Gasteiger charge is -2.35. The lowest BCUT2D eigenvalue weighted by atomic mass is 10.2. The third kappa shape index (κ3) is 2.32. The molecular weight excluding hydrogens is 236 g/mol. The highest BCUT2D eigenvalue weighted by Gasteiger charge is 2.30. The fourth-order valence-corrected chi connectivity index (χ4v) is 2.06. The van der Waals surface area contributed by atoms with Crippen molar-refractivity contribution in [1.29, 1.82) is 0 Å². The molecule has 1 saturated heterocycles. The molecule has 1 aromatic rings. The van der Waals surface area contributed by atoms with Gasteiger partial charge in [-0.1, -0.05) is 0 Å². The quantitative estimate of drug-likeness (QED) is 0.661. The van der Waals surface area contributed by atoms with Gasteiger partial charge in [0.15, 0.2) is 5.69 Å². The number of H-pyrrole nitrogens is 1. The van der Waals surface area contributed by atoms with Gasteiger partial charge >= 0.3 is 0 Å². The number of nitrogen functional groups attached to an aromatic ring is 1. The molecule has 0 aromatic carbocycles. The average Bonchev–Trinajstić information content (AvgIpc) is 2.68. The van der Waals surface area contributed by atoms with Crippen LogP contribution in [0.4, 0.5) is 5.69 Å². The summed E-state index contributed by atoms with van der Waals surface area (Å²) in [6.07, 6.45) is -0.458. The summed E-state index contributed by atoms with van der Waals surface area (Å²) >= 11 is 0. The molecular formula is C11H18N4O3. The Hall–Kier alpha value is -1.60. The number of anilines is 1. The van der Waals surface area contributed by atoms with Gasteiger partial charge in [0, 0.05) is 13.1 Å². The SMILES string of the molecule is Cc1[nH]nc(C(=O)N2CC(C)OC(CO)C2)c1N. The second kappa shape index (κ2) is 4.95. The molecule has 0 aliphatic carbocycles. The second-order valence-electron chi connectivity index (χ2n) is 4.57. The zero-order valence-electron chi connectivity index (χ0n) is 10.5. The van der Waals surface area contributed by atoms with E-state index in [1.165, 1.54) is 0 Å². The smallest absolute Gasteiger partial charge is 0.276 e. The van der Waals surface area contributed by atoms with Crippen LogP contribution in [0.5, 0.6) is 0 Å². The first-order valence-corrected chi connectivity index (χ1v) is 5.89. The summed E-state index contributed by atoms with van der Waals surface area (Å²) in [4.78, 5) is 13.9. The maximum absolute atomic E-state index is 12.3. The van der Waals surface area contributed by atoms with Crippen molar-refractivity contribution in [3.05, 3.63) is 11.4 Å². The maximum atomic E-state index is 12.3. The van der Waals surface area contributed by atoms with Crippen molar-refractivity contribution in [3.63, 3.8) is 0 Å². The van der Waals surface area contributed by atoms with Gasteiger partial charge in [-0.3, -0.25) is 9.89 Å². The molecule has 18 heavy (non-hydrogen) atoms. The lowest BCUT2D eigenvalue weighted by Crippen LogP contribution is -2.50. The molecule has 2 heterocycles. The molecule has 2 rings (SSSR count). The Labute approximate surface area is 105 Å². The van der Waals surface area contributed by atoms with Gasteiger partial charge in [0.05, 0.1) is 30.2 Å². The first-order chi connectivity index (χ1) is 8.52. The molecule has 2 unspecified atom stereocenters. The van der Waals surface area contributed by atoms with Gasteiger partial charge in [0.25, 0.3) is 5.91 Å². The average molecular weight is 254 g/mol. The number of ether oxygens (including phenoxy) is 1. The summed E-state index contributed by atoms with van der Waals surface area (Å²) in [6, 6.07) is 0. The van der Waals surface area contributed by atoms with E-state index >= 15 is 0 Å². The predicted molar refractivity (Wildman–Crippen MR) is 65.1 cm³/mol. The molecule has 0 saturated carbocycles. The number of nitrogens with two attached hydrogens (primary N) is 1. The van der Waals surface area contributed by atoms with E-state index in [0.29, 0.717) is 24.5 Å². The highest BCUT2D eigenvalue weighted by Crippen LogP contribution is 2.18. The van der Waals surface area contributed by atoms with Gasteiger partial charge in [-0.05, 0) is 13.8 Å². The Balaban J connectivity index is 2.15. The number of morpholine rings is 1. The van der Waals surface area contributed by atoms with Crippen LogP contribution in [0.25, 0.3) is 0 Å². The molecule has 7 heteroatoms. The van der Waals surface area contributed by atoms with Crippen molar-refractivity contribution in [2.24, 2.45) is 0 Å². The van der Waals surface area contributed by atoms with Gasteiger partial charge in [-0.2, -0.15) is 5.10 Å². The standard InChI is InChI=1S/C11H18N4O3/c1-6-3-15(4-8(5-16)18-6)11(17)10-9(12)7(2)13-14-10/h6,8,16H,3-5,12H2,1-2H3,(H,13,14). The van der Waals surface area contributed by atoms with E-state index < -0.39 is 0 Å². The van der Waals surface area contributed by atoms with Crippen molar-refractivity contribution >= 4 is 11.6 Å². The van der Waals surface area contributed by atoms with Crippen LogP contribution in [0, 0.1) is 6.92 Å². The largest absolute Gasteiger partial charge is 0.395 e. The number of carbonyl (C=O) groups is 1. The number of aromatic amines is 1. The van der Waals surface area contributed by atoms with E-state index in [0.717, 1.165) is 0 Å². The van der Waals surface area contributed by atoms with Gasteiger partial charge in [0.2, 0.25) is 0 Å². The monoisotopic (exact) mass is 254 g/mol. The zero-order chi connectivity index (χ0) is 13.3. The highest BCUT2D eigenvalue weighted by atomic mass is 16.5. The predicted octanol–water partition coefficient (Wildman–Crippen LogP) is -0.478. The molecule has 4 N–H and O–H groups in total. The number of aliphatic hydroxyl groups is 1. The normalized spacial score (nSPS) is 24.3. The summed E-state index contributed by atoms with van der Waals surface area (Å²) in [7, 11) is 0. The van der Waals surface area contributed by atoms with Crippen molar-refractivity contribution in [2.45, 2.75) is 26.1 Å². The number of hydrogen-bond acceptors (Lipinski definition) is 5. The summed E-state index contributed by atoms with van der Waals surface area (Å²) in [5.41, 5.74) is 7.08. The summed E-state index contributed by atoms with van der Waals surface area (Å²) < 4.78 is 5.48. The number of rotatable bonds is 2. The minimum Gasteiger partial charge on any atom is -0.395 e. The van der Waals surface area contributed by atoms with Gasteiger partial charge < -0.3 is 20.5 Å². The molecule has 0 bridgehead atoms. The molecule has 1 aromatic heterocycles. The van der Waals surface area contributed by atoms with Crippen LogP contribution >= 0.6 is 0 Å². The van der Waals surface area contributed by atoms with Crippen LogP contribution in [0.2, 0.25) is 0 Å². The number of aliphatic hydroxyl groups excluding tert-OH is 1. The number of carbonyl (C=O) groups excluding carboxylic acids is 1. The van der Waals surface area contributed by atoms with Crippen LogP contribution in [0.15, 0.2) is 0 Å². The topological polar surface area (TPSA) is 104 Å². The molecule has 7 nitrogen and oxygen atoms in total. The Morgan fingerprint density at radius 1 is 1.67 bits per heavy atom. The summed E-state index contributed by atoms with van der Waals surface area (Å²) in [6.45, 7) is 4.34. The van der Waals surface area contributed by atoms with Crippen LogP contribution in [-0.2, 0) is 4.74 Å². The Morgan fingerprint density at radius 3 is 2.94 bits per heavy atom. The third-order valence-corrected chi connectivity index (χ3v) is 3.01. The lowest BCUT2D eigenvalue weighted by molar-refractivity contribution is -0.0859.